The van der Waals surface area contributed by atoms with Crippen LogP contribution >= 0.6 is 11.6 Å². The zero-order chi connectivity index (χ0) is 13.3. The van der Waals surface area contributed by atoms with Crippen LogP contribution in [0.2, 0.25) is 5.02 Å². The number of piperazine rings is 1. The Hall–Kier alpha value is -1.56. The molecule has 1 aliphatic rings. The summed E-state index contributed by atoms with van der Waals surface area (Å²) in [6.45, 7) is 5.53. The third-order valence-corrected chi connectivity index (χ3v) is 3.38. The molecule has 1 aliphatic heterocycles. The minimum atomic E-state index is -0.329. The van der Waals surface area contributed by atoms with Crippen molar-refractivity contribution in [2.24, 2.45) is 0 Å². The summed E-state index contributed by atoms with van der Waals surface area (Å²) in [5.41, 5.74) is -0.329. The van der Waals surface area contributed by atoms with E-state index in [1.807, 2.05) is 11.8 Å². The van der Waals surface area contributed by atoms with Crippen LogP contribution in [0.25, 0.3) is 0 Å². The van der Waals surface area contributed by atoms with E-state index in [-0.39, 0.29) is 16.6 Å². The topological polar surface area (TPSA) is 69.3 Å². The molecule has 0 bridgehead atoms. The average Bonchev–Trinajstić information content (AvgIpc) is 2.34. The Kier molecular flexibility index (Phi) is 3.56. The molecule has 98 valence electrons. The summed E-state index contributed by atoms with van der Waals surface area (Å²) in [6, 6.07) is 0.0788. The third kappa shape index (κ3) is 2.33. The zero-order valence-corrected chi connectivity index (χ0v) is 11.1. The number of nitrogens with zero attached hydrogens (tertiary/aromatic N) is 3. The number of rotatable bonds is 2. The molecule has 1 unspecified atom stereocenters. The predicted molar refractivity (Wildman–Crippen MR) is 69.0 cm³/mol. The molecule has 0 aliphatic carbocycles. The maximum absolute atomic E-state index is 11.6. The third-order valence-electron chi connectivity index (χ3n) is 3.04. The van der Waals surface area contributed by atoms with E-state index in [1.165, 1.54) is 0 Å². The highest BCUT2D eigenvalue weighted by atomic mass is 35.5. The van der Waals surface area contributed by atoms with E-state index in [0.29, 0.717) is 31.3 Å². The number of H-pyrrole nitrogens is 1. The first-order chi connectivity index (χ1) is 8.52. The van der Waals surface area contributed by atoms with Crippen LogP contribution in [0.4, 0.5) is 5.82 Å². The van der Waals surface area contributed by atoms with Crippen LogP contribution in [0.15, 0.2) is 4.79 Å². The van der Waals surface area contributed by atoms with Gasteiger partial charge in [0, 0.05) is 25.7 Å². The minimum Gasteiger partial charge on any atom is -0.349 e. The number of halogens is 1. The summed E-state index contributed by atoms with van der Waals surface area (Å²) in [5.74, 6) is 1.03. The van der Waals surface area contributed by atoms with E-state index in [1.54, 1.807) is 11.8 Å². The van der Waals surface area contributed by atoms with Crippen LogP contribution in [0.5, 0.6) is 0 Å². The Morgan fingerprint density at radius 3 is 2.83 bits per heavy atom. The number of carbonyl (C=O) groups excluding carboxylic acids is 1. The first kappa shape index (κ1) is 12.9. The van der Waals surface area contributed by atoms with Gasteiger partial charge in [-0.15, -0.1) is 0 Å². The van der Waals surface area contributed by atoms with Crippen molar-refractivity contribution in [3.05, 3.63) is 21.2 Å². The summed E-state index contributed by atoms with van der Waals surface area (Å²) >= 11 is 6.00. The minimum absolute atomic E-state index is 0.0788. The molecule has 0 spiro atoms. The van der Waals surface area contributed by atoms with Crippen molar-refractivity contribution in [2.45, 2.75) is 19.9 Å². The van der Waals surface area contributed by atoms with Crippen LogP contribution in [-0.2, 0) is 4.79 Å². The molecule has 1 aromatic heterocycles. The second kappa shape index (κ2) is 4.97. The molecule has 1 N–H and O–H groups in total. The molecule has 1 amide bonds. The molecule has 0 aromatic carbocycles. The van der Waals surface area contributed by atoms with E-state index >= 15 is 0 Å². The molecule has 1 fully saturated rings. The molecule has 0 saturated carbocycles. The van der Waals surface area contributed by atoms with Crippen LogP contribution in [-0.4, -0.2) is 47.0 Å². The Balaban J connectivity index is 2.32. The second-order valence-electron chi connectivity index (χ2n) is 4.43. The fraction of sp³-hybridized carbons (Fsp3) is 0.545. The number of aromatic nitrogens is 2. The normalized spacial score (nSPS) is 20.1. The molecular weight excluding hydrogens is 256 g/mol. The molecule has 1 aromatic rings. The van der Waals surface area contributed by atoms with Crippen molar-refractivity contribution in [2.75, 3.05) is 24.5 Å². The van der Waals surface area contributed by atoms with E-state index in [4.69, 9.17) is 11.6 Å². The van der Waals surface area contributed by atoms with Gasteiger partial charge in [-0.2, -0.15) is 0 Å². The molecule has 0 radical (unpaired) electrons. The molecule has 18 heavy (non-hydrogen) atoms. The van der Waals surface area contributed by atoms with Gasteiger partial charge in [-0.3, -0.25) is 9.59 Å². The highest BCUT2D eigenvalue weighted by Gasteiger charge is 2.26. The number of nitrogens with one attached hydrogen (secondary N) is 1. The number of hydrogen-bond acceptors (Lipinski definition) is 4. The van der Waals surface area contributed by atoms with Crippen molar-refractivity contribution in [3.63, 3.8) is 0 Å². The van der Waals surface area contributed by atoms with Gasteiger partial charge >= 0.3 is 0 Å². The monoisotopic (exact) mass is 270 g/mol. The molecule has 2 rings (SSSR count). The van der Waals surface area contributed by atoms with Crippen molar-refractivity contribution in [1.29, 1.82) is 0 Å². The van der Waals surface area contributed by atoms with Crippen molar-refractivity contribution in [1.82, 2.24) is 14.9 Å². The highest BCUT2D eigenvalue weighted by Crippen LogP contribution is 2.23. The van der Waals surface area contributed by atoms with Gasteiger partial charge in [0.15, 0.2) is 5.82 Å². The summed E-state index contributed by atoms with van der Waals surface area (Å²) in [7, 11) is 0. The zero-order valence-electron chi connectivity index (χ0n) is 10.3. The Morgan fingerprint density at radius 1 is 1.50 bits per heavy atom. The number of anilines is 1. The smallest absolute Gasteiger partial charge is 0.271 e. The Morgan fingerprint density at radius 2 is 2.22 bits per heavy atom. The molecule has 1 atom stereocenters. The lowest BCUT2D eigenvalue weighted by Gasteiger charge is -2.39. The van der Waals surface area contributed by atoms with Crippen molar-refractivity contribution >= 4 is 23.8 Å². The standard InChI is InChI=1S/C11H15ClN4O2/c1-7-5-15(6-17)3-4-16(7)10-9(12)11(18)14-8(2)13-10/h6-7H,3-5H2,1-2H3,(H,13,14,18). The van der Waals surface area contributed by atoms with Crippen molar-refractivity contribution < 1.29 is 4.79 Å². The SMILES string of the molecule is Cc1nc(N2CCN(C=O)CC2C)c(Cl)c(=O)[nH]1. The first-order valence-corrected chi connectivity index (χ1v) is 6.13. The van der Waals surface area contributed by atoms with Gasteiger partial charge in [-0.25, -0.2) is 4.98 Å². The van der Waals surface area contributed by atoms with Gasteiger partial charge in [0.05, 0.1) is 0 Å². The molecular formula is C11H15ClN4O2. The Bertz CT molecular complexity index is 516. The first-order valence-electron chi connectivity index (χ1n) is 5.75. The summed E-state index contributed by atoms with van der Waals surface area (Å²) < 4.78 is 0. The lowest BCUT2D eigenvalue weighted by molar-refractivity contribution is -0.118. The van der Waals surface area contributed by atoms with Gasteiger partial charge in [0.1, 0.15) is 10.8 Å². The number of hydrogen-bond donors (Lipinski definition) is 1. The number of aryl methyl sites for hydroxylation is 1. The average molecular weight is 271 g/mol. The number of aromatic amines is 1. The Labute approximate surface area is 110 Å². The lowest BCUT2D eigenvalue weighted by Crippen LogP contribution is -2.52. The van der Waals surface area contributed by atoms with Crippen LogP contribution in [0, 0.1) is 6.92 Å². The van der Waals surface area contributed by atoms with Gasteiger partial charge in [-0.05, 0) is 13.8 Å². The van der Waals surface area contributed by atoms with Gasteiger partial charge in [-0.1, -0.05) is 11.6 Å². The predicted octanol–water partition coefficient (Wildman–Crippen LogP) is 0.399. The summed E-state index contributed by atoms with van der Waals surface area (Å²) in [5, 5.41) is 0.104. The summed E-state index contributed by atoms with van der Waals surface area (Å²) in [6.07, 6.45) is 0.839. The van der Waals surface area contributed by atoms with Crippen LogP contribution in [0.3, 0.4) is 0 Å². The van der Waals surface area contributed by atoms with Gasteiger partial charge in [0.25, 0.3) is 5.56 Å². The van der Waals surface area contributed by atoms with Crippen LogP contribution in [0.1, 0.15) is 12.7 Å². The number of carbonyl (C=O) groups is 1. The fourth-order valence-corrected chi connectivity index (χ4v) is 2.34. The highest BCUT2D eigenvalue weighted by molar-refractivity contribution is 6.32. The summed E-state index contributed by atoms with van der Waals surface area (Å²) in [4.78, 5) is 32.9. The molecule has 7 heteroatoms. The van der Waals surface area contributed by atoms with E-state index in [2.05, 4.69) is 9.97 Å². The lowest BCUT2D eigenvalue weighted by atomic mass is 10.2. The van der Waals surface area contributed by atoms with Crippen LogP contribution < -0.4 is 10.5 Å². The maximum atomic E-state index is 11.6. The van der Waals surface area contributed by atoms with Gasteiger partial charge in [0.2, 0.25) is 6.41 Å². The molecule has 2 heterocycles. The van der Waals surface area contributed by atoms with E-state index < -0.39 is 0 Å². The second-order valence-corrected chi connectivity index (χ2v) is 4.81. The quantitative estimate of drug-likeness (QED) is 0.790. The van der Waals surface area contributed by atoms with E-state index in [9.17, 15) is 9.59 Å². The molecule has 1 saturated heterocycles. The molecule has 6 nitrogen and oxygen atoms in total. The van der Waals surface area contributed by atoms with Crippen molar-refractivity contribution in [3.8, 4) is 0 Å². The fourth-order valence-electron chi connectivity index (χ4n) is 2.14. The largest absolute Gasteiger partial charge is 0.349 e. The van der Waals surface area contributed by atoms with E-state index in [0.717, 1.165) is 6.41 Å². The van der Waals surface area contributed by atoms with Gasteiger partial charge < -0.3 is 14.8 Å². The number of amides is 1. The maximum Gasteiger partial charge on any atom is 0.271 e.